The van der Waals surface area contributed by atoms with Crippen LogP contribution in [0.2, 0.25) is 0 Å². The van der Waals surface area contributed by atoms with Gasteiger partial charge in [-0.1, -0.05) is 31.5 Å². The maximum Gasteiger partial charge on any atom is 0.495 e. The topological polar surface area (TPSA) is 85.2 Å². The number of methoxy groups -OCH3 is 3. The number of aromatic nitrogens is 1. The summed E-state index contributed by atoms with van der Waals surface area (Å²) in [5.74, 6) is 1.24. The number of nitrogens with zero attached hydrogens (tertiary/aromatic N) is 1. The fourth-order valence-corrected chi connectivity index (χ4v) is 5.32. The first-order chi connectivity index (χ1) is 16.6. The van der Waals surface area contributed by atoms with Crippen molar-refractivity contribution in [2.45, 2.75) is 25.7 Å². The molecule has 0 amide bonds. The van der Waals surface area contributed by atoms with Gasteiger partial charge in [0, 0.05) is 35.9 Å². The molecule has 1 fully saturated rings. The van der Waals surface area contributed by atoms with Crippen molar-refractivity contribution in [3.8, 4) is 28.5 Å². The molecule has 0 bridgehead atoms. The van der Waals surface area contributed by atoms with E-state index in [4.69, 9.17) is 23.5 Å². The molecule has 8 nitrogen and oxygen atoms in total. The molecule has 0 spiro atoms. The van der Waals surface area contributed by atoms with Crippen LogP contribution in [-0.2, 0) is 19.3 Å². The Labute approximate surface area is 206 Å². The summed E-state index contributed by atoms with van der Waals surface area (Å²) in [5, 5.41) is 0. The zero-order valence-corrected chi connectivity index (χ0v) is 21.6. The molecule has 0 aliphatic carbocycles. The van der Waals surface area contributed by atoms with Gasteiger partial charge in [0.1, 0.15) is 0 Å². The van der Waals surface area contributed by atoms with Crippen molar-refractivity contribution >= 4 is 22.6 Å². The Morgan fingerprint density at radius 2 is 1.49 bits per heavy atom. The predicted molar refractivity (Wildman–Crippen MR) is 134 cm³/mol. The average molecular weight is 499 g/mol. The molecular formula is C25H30BNO7S. The summed E-state index contributed by atoms with van der Waals surface area (Å²) in [7, 11) is -0.0758. The maximum atomic E-state index is 13.8. The van der Waals surface area contributed by atoms with Crippen LogP contribution in [-0.4, -0.2) is 54.1 Å². The van der Waals surface area contributed by atoms with Crippen LogP contribution >= 0.6 is 0 Å². The molecule has 0 N–H and O–H groups in total. The van der Waals surface area contributed by atoms with Gasteiger partial charge in [-0.25, -0.2) is 12.4 Å². The van der Waals surface area contributed by atoms with Crippen molar-refractivity contribution in [3.63, 3.8) is 0 Å². The zero-order valence-electron chi connectivity index (χ0n) is 20.8. The number of benzene rings is 2. The minimum absolute atomic E-state index is 0.118. The molecule has 186 valence electrons. The third-order valence-corrected chi connectivity index (χ3v) is 7.56. The highest BCUT2D eigenvalue weighted by molar-refractivity contribution is 7.90. The van der Waals surface area contributed by atoms with E-state index in [2.05, 4.69) is 13.8 Å². The minimum Gasteiger partial charge on any atom is -0.493 e. The second-order valence-electron chi connectivity index (χ2n) is 9.30. The number of hydrogen-bond donors (Lipinski definition) is 0. The Morgan fingerprint density at radius 1 is 0.914 bits per heavy atom. The van der Waals surface area contributed by atoms with Crippen LogP contribution in [0.4, 0.5) is 0 Å². The summed E-state index contributed by atoms with van der Waals surface area (Å²) in [5.41, 5.74) is 2.43. The number of hydrogen-bond acceptors (Lipinski definition) is 7. The highest BCUT2D eigenvalue weighted by Gasteiger charge is 2.36. The number of ether oxygens (including phenoxy) is 3. The lowest BCUT2D eigenvalue weighted by Crippen LogP contribution is -2.47. The normalized spacial score (nSPS) is 15.7. The molecule has 2 heterocycles. The lowest BCUT2D eigenvalue weighted by atomic mass is 9.77. The summed E-state index contributed by atoms with van der Waals surface area (Å²) < 4.78 is 57.1. The molecule has 0 atom stereocenters. The van der Waals surface area contributed by atoms with Crippen molar-refractivity contribution in [1.82, 2.24) is 3.97 Å². The lowest BCUT2D eigenvalue weighted by molar-refractivity contribution is 0.0343. The maximum absolute atomic E-state index is 13.8. The Kier molecular flexibility index (Phi) is 6.90. The Bertz CT molecular complexity index is 1280. The summed E-state index contributed by atoms with van der Waals surface area (Å²) in [6.45, 7) is 7.00. The average Bonchev–Trinajstić information content (AvgIpc) is 3.29. The van der Waals surface area contributed by atoms with Gasteiger partial charge in [0.15, 0.2) is 11.5 Å². The molecule has 1 aromatic heterocycles. The summed E-state index contributed by atoms with van der Waals surface area (Å²) in [6.07, 6.45) is 1.55. The van der Waals surface area contributed by atoms with E-state index < -0.39 is 17.1 Å². The highest BCUT2D eigenvalue weighted by Crippen LogP contribution is 2.41. The fourth-order valence-electron chi connectivity index (χ4n) is 3.94. The van der Waals surface area contributed by atoms with Crippen LogP contribution < -0.4 is 19.7 Å². The molecular weight excluding hydrogens is 469 g/mol. The van der Waals surface area contributed by atoms with Gasteiger partial charge < -0.3 is 23.5 Å². The zero-order chi connectivity index (χ0) is 25.4. The Balaban J connectivity index is 1.89. The minimum atomic E-state index is -3.94. The van der Waals surface area contributed by atoms with Gasteiger partial charge in [0.05, 0.1) is 31.9 Å². The second kappa shape index (κ2) is 9.60. The first kappa shape index (κ1) is 25.2. The third-order valence-electron chi connectivity index (χ3n) is 5.87. The van der Waals surface area contributed by atoms with E-state index in [1.54, 1.807) is 48.7 Å². The van der Waals surface area contributed by atoms with Gasteiger partial charge in [0.25, 0.3) is 10.0 Å². The standard InChI is InChI=1S/C25H30BNO7S/c1-17-7-9-20(10-8-17)35(28,29)27-14-19(26-33-15-25(2,3)16-34-26)13-21(27)18-11-22(30-4)24(32-6)23(12-18)31-5/h7-14H,15-16H2,1-6H3. The van der Waals surface area contributed by atoms with Crippen LogP contribution in [0.1, 0.15) is 19.4 Å². The van der Waals surface area contributed by atoms with Crippen LogP contribution in [0.5, 0.6) is 17.2 Å². The van der Waals surface area contributed by atoms with E-state index in [9.17, 15) is 8.42 Å². The van der Waals surface area contributed by atoms with Gasteiger partial charge in [0.2, 0.25) is 5.75 Å². The largest absolute Gasteiger partial charge is 0.495 e. The molecule has 0 saturated carbocycles. The number of rotatable bonds is 7. The molecule has 2 aromatic carbocycles. The molecule has 1 aliphatic rings. The molecule has 1 saturated heterocycles. The monoisotopic (exact) mass is 499 g/mol. The molecule has 4 rings (SSSR count). The van der Waals surface area contributed by atoms with Crippen molar-refractivity contribution in [2.75, 3.05) is 34.5 Å². The van der Waals surface area contributed by atoms with E-state index in [1.807, 2.05) is 6.92 Å². The van der Waals surface area contributed by atoms with Gasteiger partial charge in [-0.15, -0.1) is 0 Å². The molecule has 0 radical (unpaired) electrons. The van der Waals surface area contributed by atoms with Crippen LogP contribution in [0.15, 0.2) is 53.6 Å². The van der Waals surface area contributed by atoms with Crippen LogP contribution in [0.25, 0.3) is 11.3 Å². The first-order valence-electron chi connectivity index (χ1n) is 11.2. The van der Waals surface area contributed by atoms with Gasteiger partial charge in [-0.05, 0) is 37.3 Å². The van der Waals surface area contributed by atoms with Crippen LogP contribution in [0, 0.1) is 12.3 Å². The molecule has 10 heteroatoms. The Hall–Kier alpha value is -2.95. The van der Waals surface area contributed by atoms with E-state index in [0.29, 0.717) is 47.2 Å². The first-order valence-corrected chi connectivity index (χ1v) is 12.6. The quantitative estimate of drug-likeness (QED) is 0.460. The smallest absolute Gasteiger partial charge is 0.493 e. The van der Waals surface area contributed by atoms with E-state index in [0.717, 1.165) is 5.56 Å². The summed E-state index contributed by atoms with van der Waals surface area (Å²) >= 11 is 0. The second-order valence-corrected chi connectivity index (χ2v) is 11.1. The van der Waals surface area contributed by atoms with Crippen molar-refractivity contribution < 1.29 is 31.9 Å². The van der Waals surface area contributed by atoms with Crippen molar-refractivity contribution in [1.29, 1.82) is 0 Å². The van der Waals surface area contributed by atoms with Crippen LogP contribution in [0.3, 0.4) is 0 Å². The predicted octanol–water partition coefficient (Wildman–Crippen LogP) is 3.49. The highest BCUT2D eigenvalue weighted by atomic mass is 32.2. The Morgan fingerprint density at radius 3 is 2.00 bits per heavy atom. The van der Waals surface area contributed by atoms with E-state index in [-0.39, 0.29) is 10.3 Å². The van der Waals surface area contributed by atoms with E-state index >= 15 is 0 Å². The van der Waals surface area contributed by atoms with Gasteiger partial charge in [-0.2, -0.15) is 0 Å². The fraction of sp³-hybridized carbons (Fsp3) is 0.360. The molecule has 35 heavy (non-hydrogen) atoms. The molecule has 0 unspecified atom stereocenters. The van der Waals surface area contributed by atoms with Gasteiger partial charge >= 0.3 is 7.12 Å². The van der Waals surface area contributed by atoms with E-state index in [1.165, 1.54) is 25.3 Å². The lowest BCUT2D eigenvalue weighted by Gasteiger charge is -2.32. The van der Waals surface area contributed by atoms with Crippen molar-refractivity contribution in [2.24, 2.45) is 5.41 Å². The van der Waals surface area contributed by atoms with Crippen molar-refractivity contribution in [3.05, 3.63) is 54.2 Å². The molecule has 3 aromatic rings. The summed E-state index contributed by atoms with van der Waals surface area (Å²) in [4.78, 5) is 0.172. The number of aryl methyl sites for hydroxylation is 1. The van der Waals surface area contributed by atoms with Gasteiger partial charge in [-0.3, -0.25) is 0 Å². The third kappa shape index (κ3) is 4.91. The molecule has 1 aliphatic heterocycles. The summed E-state index contributed by atoms with van der Waals surface area (Å²) in [6, 6.07) is 11.9. The SMILES string of the molecule is COc1cc(-c2cc(B3OCC(C)(C)CO3)cn2S(=O)(=O)c2ccc(C)cc2)cc(OC)c1OC.